The first-order valence-electron chi connectivity index (χ1n) is 5.70. The molecule has 0 aliphatic heterocycles. The summed E-state index contributed by atoms with van der Waals surface area (Å²) in [6, 6.07) is 14.3. The van der Waals surface area contributed by atoms with Gasteiger partial charge in [-0.05, 0) is 54.3 Å². The Labute approximate surface area is 107 Å². The minimum absolute atomic E-state index is 0.0496. The van der Waals surface area contributed by atoms with E-state index in [1.807, 2.05) is 25.1 Å². The zero-order valence-corrected chi connectivity index (χ0v) is 10.8. The van der Waals surface area contributed by atoms with E-state index >= 15 is 0 Å². The molecule has 2 aromatic carbocycles. The van der Waals surface area contributed by atoms with Gasteiger partial charge in [-0.25, -0.2) is 0 Å². The smallest absolute Gasteiger partial charge is 0.0412 e. The molecule has 0 spiro atoms. The van der Waals surface area contributed by atoms with Crippen LogP contribution < -0.4 is 5.73 Å². The molecule has 0 aromatic heterocycles. The van der Waals surface area contributed by atoms with Gasteiger partial charge in [-0.3, -0.25) is 0 Å². The number of aryl methyl sites for hydroxylation is 1. The zero-order valence-electron chi connectivity index (χ0n) is 10.1. The maximum atomic E-state index is 6.02. The van der Waals surface area contributed by atoms with Gasteiger partial charge in [0, 0.05) is 11.1 Å². The molecule has 0 radical (unpaired) electrons. The summed E-state index contributed by atoms with van der Waals surface area (Å²) in [7, 11) is 0. The second-order valence-corrected chi connectivity index (χ2v) is 4.81. The second-order valence-electron chi connectivity index (χ2n) is 4.37. The lowest BCUT2D eigenvalue weighted by molar-refractivity contribution is 0.818. The monoisotopic (exact) mass is 245 g/mol. The summed E-state index contributed by atoms with van der Waals surface area (Å²) in [5.74, 6) is 0. The molecule has 1 atom stereocenters. The SMILES string of the molecule is Cc1ccc(C(C)N)cc1-c1cccc(Cl)c1. The van der Waals surface area contributed by atoms with Crippen LogP contribution in [0.4, 0.5) is 0 Å². The van der Waals surface area contributed by atoms with Crippen molar-refractivity contribution in [1.29, 1.82) is 0 Å². The molecule has 0 saturated carbocycles. The van der Waals surface area contributed by atoms with Crippen molar-refractivity contribution in [3.8, 4) is 11.1 Å². The van der Waals surface area contributed by atoms with Crippen molar-refractivity contribution < 1.29 is 0 Å². The summed E-state index contributed by atoms with van der Waals surface area (Å²) >= 11 is 6.02. The molecule has 0 aliphatic carbocycles. The topological polar surface area (TPSA) is 26.0 Å². The molecule has 2 rings (SSSR count). The Kier molecular flexibility index (Phi) is 3.51. The van der Waals surface area contributed by atoms with Crippen molar-refractivity contribution in [2.24, 2.45) is 5.73 Å². The van der Waals surface area contributed by atoms with E-state index in [1.165, 1.54) is 11.1 Å². The summed E-state index contributed by atoms with van der Waals surface area (Å²) in [5.41, 5.74) is 10.6. The Morgan fingerprint density at radius 3 is 2.53 bits per heavy atom. The van der Waals surface area contributed by atoms with Crippen molar-refractivity contribution in [2.75, 3.05) is 0 Å². The Morgan fingerprint density at radius 1 is 1.12 bits per heavy atom. The van der Waals surface area contributed by atoms with Gasteiger partial charge in [-0.1, -0.05) is 35.9 Å². The van der Waals surface area contributed by atoms with Crippen LogP contribution in [0.3, 0.4) is 0 Å². The van der Waals surface area contributed by atoms with E-state index in [9.17, 15) is 0 Å². The molecule has 1 nitrogen and oxygen atoms in total. The minimum Gasteiger partial charge on any atom is -0.324 e. The molecule has 2 aromatic rings. The molecule has 0 saturated heterocycles. The van der Waals surface area contributed by atoms with Gasteiger partial charge < -0.3 is 5.73 Å². The molecule has 0 bridgehead atoms. The summed E-state index contributed by atoms with van der Waals surface area (Å²) in [4.78, 5) is 0. The Bertz CT molecular complexity index is 532. The quantitative estimate of drug-likeness (QED) is 0.837. The summed E-state index contributed by atoms with van der Waals surface area (Å²) in [6.45, 7) is 4.09. The van der Waals surface area contributed by atoms with E-state index in [0.717, 1.165) is 16.1 Å². The predicted octanol–water partition coefficient (Wildman–Crippen LogP) is 4.34. The minimum atomic E-state index is 0.0496. The fourth-order valence-corrected chi connectivity index (χ4v) is 2.08. The number of hydrogen-bond donors (Lipinski definition) is 1. The van der Waals surface area contributed by atoms with Gasteiger partial charge in [0.2, 0.25) is 0 Å². The summed E-state index contributed by atoms with van der Waals surface area (Å²) in [6.07, 6.45) is 0. The summed E-state index contributed by atoms with van der Waals surface area (Å²) in [5, 5.41) is 0.758. The highest BCUT2D eigenvalue weighted by Gasteiger charge is 2.06. The molecule has 0 aliphatic rings. The number of hydrogen-bond acceptors (Lipinski definition) is 1. The summed E-state index contributed by atoms with van der Waals surface area (Å²) < 4.78 is 0. The van der Waals surface area contributed by atoms with Crippen LogP contribution in [0.2, 0.25) is 5.02 Å². The van der Waals surface area contributed by atoms with Crippen LogP contribution in [-0.4, -0.2) is 0 Å². The molecule has 0 fully saturated rings. The van der Waals surface area contributed by atoms with Crippen molar-refractivity contribution in [2.45, 2.75) is 19.9 Å². The van der Waals surface area contributed by atoms with E-state index in [0.29, 0.717) is 0 Å². The van der Waals surface area contributed by atoms with Crippen molar-refractivity contribution >= 4 is 11.6 Å². The first-order valence-corrected chi connectivity index (χ1v) is 6.08. The van der Waals surface area contributed by atoms with Crippen LogP contribution in [0, 0.1) is 6.92 Å². The van der Waals surface area contributed by atoms with Crippen LogP contribution in [0.1, 0.15) is 24.1 Å². The van der Waals surface area contributed by atoms with Crippen LogP contribution in [0.5, 0.6) is 0 Å². The molecule has 88 valence electrons. The zero-order chi connectivity index (χ0) is 12.4. The normalized spacial score (nSPS) is 12.5. The van der Waals surface area contributed by atoms with E-state index in [2.05, 4.69) is 31.2 Å². The Morgan fingerprint density at radius 2 is 1.88 bits per heavy atom. The molecule has 2 heteroatoms. The largest absolute Gasteiger partial charge is 0.324 e. The average Bonchev–Trinajstić information content (AvgIpc) is 2.29. The van der Waals surface area contributed by atoms with Gasteiger partial charge in [0.05, 0.1) is 0 Å². The van der Waals surface area contributed by atoms with Crippen LogP contribution >= 0.6 is 11.6 Å². The fourth-order valence-electron chi connectivity index (χ4n) is 1.89. The lowest BCUT2D eigenvalue weighted by atomic mass is 9.96. The third-order valence-electron chi connectivity index (χ3n) is 2.92. The van der Waals surface area contributed by atoms with Gasteiger partial charge in [-0.2, -0.15) is 0 Å². The van der Waals surface area contributed by atoms with Crippen LogP contribution in [-0.2, 0) is 0 Å². The van der Waals surface area contributed by atoms with E-state index < -0.39 is 0 Å². The van der Waals surface area contributed by atoms with Crippen molar-refractivity contribution in [3.05, 3.63) is 58.6 Å². The van der Waals surface area contributed by atoms with E-state index in [-0.39, 0.29) is 6.04 Å². The number of nitrogens with two attached hydrogens (primary N) is 1. The van der Waals surface area contributed by atoms with Crippen LogP contribution in [0.15, 0.2) is 42.5 Å². The molecule has 17 heavy (non-hydrogen) atoms. The third-order valence-corrected chi connectivity index (χ3v) is 3.16. The van der Waals surface area contributed by atoms with Gasteiger partial charge in [0.25, 0.3) is 0 Å². The molecule has 1 unspecified atom stereocenters. The lowest BCUT2D eigenvalue weighted by Crippen LogP contribution is -2.05. The highest BCUT2D eigenvalue weighted by molar-refractivity contribution is 6.30. The Balaban J connectivity index is 2.54. The fraction of sp³-hybridized carbons (Fsp3) is 0.200. The molecule has 0 amide bonds. The molecular formula is C15H16ClN. The van der Waals surface area contributed by atoms with E-state index in [4.69, 9.17) is 17.3 Å². The second kappa shape index (κ2) is 4.91. The Hall–Kier alpha value is -1.31. The molecular weight excluding hydrogens is 230 g/mol. The van der Waals surface area contributed by atoms with Gasteiger partial charge in [0.1, 0.15) is 0 Å². The van der Waals surface area contributed by atoms with Crippen molar-refractivity contribution in [1.82, 2.24) is 0 Å². The van der Waals surface area contributed by atoms with Gasteiger partial charge in [0.15, 0.2) is 0 Å². The maximum absolute atomic E-state index is 6.02. The first-order chi connectivity index (χ1) is 8.08. The number of halogens is 1. The highest BCUT2D eigenvalue weighted by atomic mass is 35.5. The van der Waals surface area contributed by atoms with Crippen molar-refractivity contribution in [3.63, 3.8) is 0 Å². The lowest BCUT2D eigenvalue weighted by Gasteiger charge is -2.11. The van der Waals surface area contributed by atoms with Gasteiger partial charge >= 0.3 is 0 Å². The average molecular weight is 246 g/mol. The number of rotatable bonds is 2. The first kappa shape index (κ1) is 12.2. The third kappa shape index (κ3) is 2.68. The maximum Gasteiger partial charge on any atom is 0.0412 e. The number of benzene rings is 2. The van der Waals surface area contributed by atoms with Gasteiger partial charge in [-0.15, -0.1) is 0 Å². The molecule has 0 heterocycles. The molecule has 2 N–H and O–H groups in total. The standard InChI is InChI=1S/C15H16ClN/c1-10-6-7-12(11(2)17)9-15(10)13-4-3-5-14(16)8-13/h3-9,11H,17H2,1-2H3. The predicted molar refractivity (Wildman–Crippen MR) is 74.2 cm³/mol. The highest BCUT2D eigenvalue weighted by Crippen LogP contribution is 2.28. The van der Waals surface area contributed by atoms with E-state index in [1.54, 1.807) is 0 Å². The van der Waals surface area contributed by atoms with Crippen LogP contribution in [0.25, 0.3) is 11.1 Å².